The van der Waals surface area contributed by atoms with E-state index in [1.165, 1.54) is 0 Å². The van der Waals surface area contributed by atoms with Crippen molar-refractivity contribution in [3.05, 3.63) is 40.7 Å². The third kappa shape index (κ3) is 4.11. The molecule has 0 radical (unpaired) electrons. The van der Waals surface area contributed by atoms with Gasteiger partial charge in [-0.15, -0.1) is 0 Å². The largest absolute Gasteiger partial charge is 0.454 e. The quantitative estimate of drug-likeness (QED) is 0.681. The Bertz CT molecular complexity index is 955. The number of rotatable bonds is 7. The fourth-order valence-corrected chi connectivity index (χ4v) is 3.83. The monoisotopic (exact) mass is 414 g/mol. The maximum absolute atomic E-state index is 12.9. The number of carbonyl (C=O) groups excluding carboxylic acids is 2. The minimum absolute atomic E-state index is 0.00909. The molecule has 0 saturated heterocycles. The van der Waals surface area contributed by atoms with Crippen molar-refractivity contribution >= 4 is 11.8 Å². The number of hydrogen-bond acceptors (Lipinski definition) is 6. The Hall–Kier alpha value is -3.07. The minimum Gasteiger partial charge on any atom is -0.454 e. The van der Waals surface area contributed by atoms with Crippen LogP contribution in [0.2, 0.25) is 0 Å². The smallest absolute Gasteiger partial charge is 0.272 e. The van der Waals surface area contributed by atoms with Gasteiger partial charge < -0.3 is 24.4 Å². The van der Waals surface area contributed by atoms with Crippen LogP contribution in [0.1, 0.15) is 33.7 Å². The van der Waals surface area contributed by atoms with Gasteiger partial charge in [-0.25, -0.2) is 0 Å². The second-order valence-electron chi connectivity index (χ2n) is 7.43. The molecule has 2 amide bonds. The number of fused-ring (bicyclic) bond motifs is 2. The minimum atomic E-state index is -0.215. The zero-order valence-electron chi connectivity index (χ0n) is 17.3. The highest BCUT2D eigenvalue weighted by molar-refractivity contribution is 5.94. The molecule has 0 saturated carbocycles. The van der Waals surface area contributed by atoms with Gasteiger partial charge >= 0.3 is 0 Å². The van der Waals surface area contributed by atoms with Crippen molar-refractivity contribution in [3.63, 3.8) is 0 Å². The highest BCUT2D eigenvalue weighted by Gasteiger charge is 2.29. The number of methoxy groups -OCH3 is 1. The average Bonchev–Trinajstić information content (AvgIpc) is 3.35. The first-order valence-corrected chi connectivity index (χ1v) is 10.0. The van der Waals surface area contributed by atoms with E-state index >= 15 is 0 Å². The van der Waals surface area contributed by atoms with Gasteiger partial charge in [-0.1, -0.05) is 6.07 Å². The Morgan fingerprint density at radius 2 is 2.10 bits per heavy atom. The summed E-state index contributed by atoms with van der Waals surface area (Å²) in [5, 5.41) is 7.29. The predicted octanol–water partition coefficient (Wildman–Crippen LogP) is 1.04. The fraction of sp³-hybridized carbons (Fsp3) is 0.476. The van der Waals surface area contributed by atoms with Gasteiger partial charge in [0, 0.05) is 58.1 Å². The van der Waals surface area contributed by atoms with Gasteiger partial charge in [-0.3, -0.25) is 14.3 Å². The van der Waals surface area contributed by atoms with E-state index in [0.29, 0.717) is 49.9 Å². The molecule has 0 atom stereocenters. The molecule has 1 aromatic carbocycles. The molecule has 9 heteroatoms. The summed E-state index contributed by atoms with van der Waals surface area (Å²) in [7, 11) is 3.47. The molecule has 2 aliphatic rings. The molecule has 9 nitrogen and oxygen atoms in total. The Morgan fingerprint density at radius 1 is 1.27 bits per heavy atom. The van der Waals surface area contributed by atoms with E-state index in [1.807, 2.05) is 25.2 Å². The number of aryl methyl sites for hydroxylation is 1. The molecule has 160 valence electrons. The summed E-state index contributed by atoms with van der Waals surface area (Å²) in [4.78, 5) is 27.3. The normalized spacial score (nSPS) is 14.5. The van der Waals surface area contributed by atoms with Crippen LogP contribution in [0.4, 0.5) is 0 Å². The molecule has 2 aliphatic heterocycles. The van der Waals surface area contributed by atoms with Crippen LogP contribution in [0.15, 0.2) is 18.2 Å². The summed E-state index contributed by atoms with van der Waals surface area (Å²) in [6, 6.07) is 5.55. The van der Waals surface area contributed by atoms with Crippen LogP contribution in [-0.4, -0.2) is 60.1 Å². The first-order valence-electron chi connectivity index (χ1n) is 10.0. The number of benzene rings is 1. The Labute approximate surface area is 174 Å². The van der Waals surface area contributed by atoms with Crippen molar-refractivity contribution in [2.24, 2.45) is 7.05 Å². The molecule has 0 unspecified atom stereocenters. The summed E-state index contributed by atoms with van der Waals surface area (Å²) in [6.45, 7) is 2.30. The summed E-state index contributed by atoms with van der Waals surface area (Å²) in [6.07, 6.45) is 1.67. The fourth-order valence-electron chi connectivity index (χ4n) is 3.83. The van der Waals surface area contributed by atoms with Crippen molar-refractivity contribution in [3.8, 4) is 11.5 Å². The van der Waals surface area contributed by atoms with Crippen LogP contribution in [0.5, 0.6) is 11.5 Å². The van der Waals surface area contributed by atoms with E-state index in [2.05, 4.69) is 10.4 Å². The van der Waals surface area contributed by atoms with Gasteiger partial charge in [-0.05, 0) is 24.1 Å². The van der Waals surface area contributed by atoms with Gasteiger partial charge in [0.1, 0.15) is 0 Å². The number of nitrogens with one attached hydrogen (secondary N) is 1. The number of amides is 2. The maximum Gasteiger partial charge on any atom is 0.272 e. The molecule has 0 bridgehead atoms. The Morgan fingerprint density at radius 3 is 2.93 bits per heavy atom. The average molecular weight is 414 g/mol. The topological polar surface area (TPSA) is 94.9 Å². The SMILES string of the molecule is COCCCNC(=O)c1nn(C)c2c1CN(C(=O)Cc1ccc3c(c1)OCO3)CC2. The van der Waals surface area contributed by atoms with E-state index in [4.69, 9.17) is 14.2 Å². The Kier molecular flexibility index (Phi) is 5.89. The van der Waals surface area contributed by atoms with E-state index in [1.54, 1.807) is 16.7 Å². The molecule has 30 heavy (non-hydrogen) atoms. The number of hydrogen-bond donors (Lipinski definition) is 1. The summed E-state index contributed by atoms with van der Waals surface area (Å²) in [5.74, 6) is 1.16. The van der Waals surface area contributed by atoms with Crippen LogP contribution in [-0.2, 0) is 36.0 Å². The van der Waals surface area contributed by atoms with Crippen molar-refractivity contribution < 1.29 is 23.8 Å². The second kappa shape index (κ2) is 8.74. The zero-order valence-corrected chi connectivity index (χ0v) is 17.3. The molecular weight excluding hydrogens is 388 g/mol. The van der Waals surface area contributed by atoms with E-state index < -0.39 is 0 Å². The molecule has 2 aromatic rings. The highest BCUT2D eigenvalue weighted by atomic mass is 16.7. The number of nitrogens with zero attached hydrogens (tertiary/aromatic N) is 3. The Balaban J connectivity index is 1.43. The molecule has 0 aliphatic carbocycles. The third-order valence-corrected chi connectivity index (χ3v) is 5.41. The van der Waals surface area contributed by atoms with Crippen LogP contribution in [0, 0.1) is 0 Å². The predicted molar refractivity (Wildman–Crippen MR) is 107 cm³/mol. The lowest BCUT2D eigenvalue weighted by molar-refractivity contribution is -0.131. The lowest BCUT2D eigenvalue weighted by Crippen LogP contribution is -2.38. The molecular formula is C21H26N4O5. The second-order valence-corrected chi connectivity index (χ2v) is 7.43. The van der Waals surface area contributed by atoms with Crippen molar-refractivity contribution in [1.82, 2.24) is 20.0 Å². The van der Waals surface area contributed by atoms with Crippen LogP contribution in [0.25, 0.3) is 0 Å². The molecule has 0 spiro atoms. The molecule has 1 N–H and O–H groups in total. The molecule has 0 fully saturated rings. The molecule has 4 rings (SSSR count). The summed E-state index contributed by atoms with van der Waals surface area (Å²) in [5.41, 5.74) is 3.10. The highest BCUT2D eigenvalue weighted by Crippen LogP contribution is 2.33. The van der Waals surface area contributed by atoms with Gasteiger partial charge in [-0.2, -0.15) is 5.10 Å². The van der Waals surface area contributed by atoms with Gasteiger partial charge in [0.2, 0.25) is 12.7 Å². The van der Waals surface area contributed by atoms with E-state index in [9.17, 15) is 9.59 Å². The number of ether oxygens (including phenoxy) is 3. The van der Waals surface area contributed by atoms with E-state index in [-0.39, 0.29) is 25.0 Å². The van der Waals surface area contributed by atoms with Crippen LogP contribution in [0.3, 0.4) is 0 Å². The zero-order chi connectivity index (χ0) is 21.1. The number of carbonyl (C=O) groups is 2. The molecule has 3 heterocycles. The van der Waals surface area contributed by atoms with Crippen molar-refractivity contribution in [2.45, 2.75) is 25.8 Å². The third-order valence-electron chi connectivity index (χ3n) is 5.41. The van der Waals surface area contributed by atoms with Gasteiger partial charge in [0.25, 0.3) is 5.91 Å². The van der Waals surface area contributed by atoms with E-state index in [0.717, 1.165) is 23.2 Å². The molecule has 1 aromatic heterocycles. The van der Waals surface area contributed by atoms with Crippen molar-refractivity contribution in [2.75, 3.05) is 33.6 Å². The number of aromatic nitrogens is 2. The summed E-state index contributed by atoms with van der Waals surface area (Å²) >= 11 is 0. The lowest BCUT2D eigenvalue weighted by Gasteiger charge is -2.27. The first-order chi connectivity index (χ1) is 14.6. The van der Waals surface area contributed by atoms with Gasteiger partial charge in [0.05, 0.1) is 6.42 Å². The van der Waals surface area contributed by atoms with Crippen molar-refractivity contribution in [1.29, 1.82) is 0 Å². The maximum atomic E-state index is 12.9. The van der Waals surface area contributed by atoms with Crippen LogP contribution < -0.4 is 14.8 Å². The first kappa shape index (κ1) is 20.2. The lowest BCUT2D eigenvalue weighted by atomic mass is 10.0. The van der Waals surface area contributed by atoms with Crippen LogP contribution >= 0.6 is 0 Å². The van der Waals surface area contributed by atoms with Gasteiger partial charge in [0.15, 0.2) is 17.2 Å². The standard InChI is InChI=1S/C21H26N4O5/c1-24-16-6-8-25(12-15(16)20(23-24)21(27)22-7-3-9-28-2)19(26)11-14-4-5-17-18(10-14)30-13-29-17/h4-5,10H,3,6-9,11-13H2,1-2H3,(H,22,27). The summed E-state index contributed by atoms with van der Waals surface area (Å²) < 4.78 is 17.5.